The number of rotatable bonds is 6. The number of carbonyl (C=O) groups excluding carboxylic acids is 2. The predicted molar refractivity (Wildman–Crippen MR) is 133 cm³/mol. The number of hydrogen-bond donors (Lipinski definition) is 3. The zero-order valence-electron chi connectivity index (χ0n) is 18.9. The lowest BCUT2D eigenvalue weighted by atomic mass is 10.2. The average Bonchev–Trinajstić information content (AvgIpc) is 3.35. The van der Waals surface area contributed by atoms with Crippen LogP contribution in [-0.2, 0) is 0 Å². The SMILES string of the molecule is COc1ccc(C)cc1NC(=O)Nc1cc(NC(=O)c2ccccc2)ccc1N1CCCC1. The molecule has 1 saturated heterocycles. The first-order valence-electron chi connectivity index (χ1n) is 11.0. The summed E-state index contributed by atoms with van der Waals surface area (Å²) >= 11 is 0. The Morgan fingerprint density at radius 3 is 2.30 bits per heavy atom. The van der Waals surface area contributed by atoms with Crippen molar-refractivity contribution in [3.8, 4) is 5.75 Å². The van der Waals surface area contributed by atoms with Gasteiger partial charge in [0.2, 0.25) is 0 Å². The molecule has 0 aliphatic carbocycles. The molecule has 0 aromatic heterocycles. The lowest BCUT2D eigenvalue weighted by Gasteiger charge is -2.23. The van der Waals surface area contributed by atoms with Crippen LogP contribution in [0.3, 0.4) is 0 Å². The maximum absolute atomic E-state index is 12.9. The van der Waals surface area contributed by atoms with Crippen LogP contribution in [0.25, 0.3) is 0 Å². The van der Waals surface area contributed by atoms with Crippen molar-refractivity contribution in [2.45, 2.75) is 19.8 Å². The van der Waals surface area contributed by atoms with Gasteiger partial charge in [-0.1, -0.05) is 24.3 Å². The Labute approximate surface area is 193 Å². The van der Waals surface area contributed by atoms with Crippen molar-refractivity contribution in [3.05, 3.63) is 77.9 Å². The van der Waals surface area contributed by atoms with E-state index in [1.54, 1.807) is 25.3 Å². The Kier molecular flexibility index (Phi) is 6.78. The molecule has 1 heterocycles. The van der Waals surface area contributed by atoms with Crippen LogP contribution in [0.5, 0.6) is 5.75 Å². The maximum Gasteiger partial charge on any atom is 0.323 e. The van der Waals surface area contributed by atoms with Crippen LogP contribution in [0.15, 0.2) is 66.7 Å². The van der Waals surface area contributed by atoms with Crippen LogP contribution in [0.1, 0.15) is 28.8 Å². The minimum Gasteiger partial charge on any atom is -0.495 e. The number of benzene rings is 3. The Balaban J connectivity index is 1.56. The molecule has 3 amide bonds. The van der Waals surface area contributed by atoms with E-state index in [0.29, 0.717) is 28.4 Å². The molecule has 0 unspecified atom stereocenters. The minimum absolute atomic E-state index is 0.204. The molecule has 0 spiro atoms. The van der Waals surface area contributed by atoms with Gasteiger partial charge in [-0.3, -0.25) is 4.79 Å². The van der Waals surface area contributed by atoms with E-state index in [1.165, 1.54) is 0 Å². The van der Waals surface area contributed by atoms with Gasteiger partial charge in [0.25, 0.3) is 5.91 Å². The molecule has 3 aromatic carbocycles. The topological polar surface area (TPSA) is 82.7 Å². The number of urea groups is 1. The second-order valence-electron chi connectivity index (χ2n) is 8.03. The van der Waals surface area contributed by atoms with Crippen molar-refractivity contribution < 1.29 is 14.3 Å². The third kappa shape index (κ3) is 5.44. The molecule has 3 N–H and O–H groups in total. The number of anilines is 4. The second-order valence-corrected chi connectivity index (χ2v) is 8.03. The fourth-order valence-corrected chi connectivity index (χ4v) is 3.94. The highest BCUT2D eigenvalue weighted by Gasteiger charge is 2.19. The van der Waals surface area contributed by atoms with Gasteiger partial charge in [-0.2, -0.15) is 0 Å². The smallest absolute Gasteiger partial charge is 0.323 e. The number of methoxy groups -OCH3 is 1. The van der Waals surface area contributed by atoms with E-state index in [0.717, 1.165) is 37.2 Å². The summed E-state index contributed by atoms with van der Waals surface area (Å²) in [4.78, 5) is 27.7. The van der Waals surface area contributed by atoms with Gasteiger partial charge in [0.05, 0.1) is 24.2 Å². The van der Waals surface area contributed by atoms with E-state index in [1.807, 2.05) is 55.5 Å². The third-order valence-corrected chi connectivity index (χ3v) is 5.59. The number of amides is 3. The first-order valence-corrected chi connectivity index (χ1v) is 11.0. The fourth-order valence-electron chi connectivity index (χ4n) is 3.94. The standard InChI is InChI=1S/C26H28N4O3/c1-18-10-13-24(33-2)22(16-18)29-26(32)28-21-17-20(11-12-23(21)30-14-6-7-15-30)27-25(31)19-8-4-3-5-9-19/h3-5,8-13,16-17H,6-7,14-15H2,1-2H3,(H,27,31)(H2,28,29,32). The quantitative estimate of drug-likeness (QED) is 0.469. The monoisotopic (exact) mass is 444 g/mol. The molecular weight excluding hydrogens is 416 g/mol. The molecule has 170 valence electrons. The first kappa shape index (κ1) is 22.2. The molecule has 3 aromatic rings. The van der Waals surface area contributed by atoms with Gasteiger partial charge in [0, 0.05) is 24.3 Å². The average molecular weight is 445 g/mol. The highest BCUT2D eigenvalue weighted by atomic mass is 16.5. The summed E-state index contributed by atoms with van der Waals surface area (Å²) in [6.45, 7) is 3.81. The molecule has 0 atom stereocenters. The van der Waals surface area contributed by atoms with Crippen molar-refractivity contribution in [2.24, 2.45) is 0 Å². The molecule has 0 radical (unpaired) electrons. The number of aryl methyl sites for hydroxylation is 1. The molecule has 4 rings (SSSR count). The zero-order chi connectivity index (χ0) is 23.2. The van der Waals surface area contributed by atoms with Crippen molar-refractivity contribution in [3.63, 3.8) is 0 Å². The highest BCUT2D eigenvalue weighted by Crippen LogP contribution is 2.32. The Bertz CT molecular complexity index is 1140. The van der Waals surface area contributed by atoms with Gasteiger partial charge in [0.1, 0.15) is 5.75 Å². The van der Waals surface area contributed by atoms with E-state index in [9.17, 15) is 9.59 Å². The lowest BCUT2D eigenvalue weighted by molar-refractivity contribution is 0.102. The van der Waals surface area contributed by atoms with Crippen LogP contribution in [0.2, 0.25) is 0 Å². The van der Waals surface area contributed by atoms with Crippen molar-refractivity contribution >= 4 is 34.7 Å². The summed E-state index contributed by atoms with van der Waals surface area (Å²) in [6, 6.07) is 19.8. The second kappa shape index (κ2) is 10.1. The summed E-state index contributed by atoms with van der Waals surface area (Å²) in [5.74, 6) is 0.379. The fraction of sp³-hybridized carbons (Fsp3) is 0.231. The summed E-state index contributed by atoms with van der Waals surface area (Å²) in [7, 11) is 1.57. The Morgan fingerprint density at radius 2 is 1.58 bits per heavy atom. The van der Waals surface area contributed by atoms with Gasteiger partial charge in [-0.25, -0.2) is 4.79 Å². The molecule has 0 bridgehead atoms. The van der Waals surface area contributed by atoms with Crippen LogP contribution in [0, 0.1) is 6.92 Å². The van der Waals surface area contributed by atoms with Gasteiger partial charge < -0.3 is 25.6 Å². The number of nitrogens with zero attached hydrogens (tertiary/aromatic N) is 1. The summed E-state index contributed by atoms with van der Waals surface area (Å²) in [6.07, 6.45) is 2.22. The maximum atomic E-state index is 12.9. The van der Waals surface area contributed by atoms with Crippen molar-refractivity contribution in [1.29, 1.82) is 0 Å². The number of carbonyl (C=O) groups is 2. The predicted octanol–water partition coefficient (Wildman–Crippen LogP) is 5.50. The van der Waals surface area contributed by atoms with Gasteiger partial charge in [-0.05, 0) is 67.8 Å². The summed E-state index contributed by atoms with van der Waals surface area (Å²) < 4.78 is 5.36. The lowest BCUT2D eigenvalue weighted by Crippen LogP contribution is -2.24. The number of ether oxygens (including phenoxy) is 1. The zero-order valence-corrected chi connectivity index (χ0v) is 18.9. The summed E-state index contributed by atoms with van der Waals surface area (Å²) in [5.41, 5.74) is 4.33. The van der Waals surface area contributed by atoms with E-state index in [-0.39, 0.29) is 11.9 Å². The number of nitrogens with one attached hydrogen (secondary N) is 3. The van der Waals surface area contributed by atoms with Gasteiger partial charge in [0.15, 0.2) is 0 Å². The van der Waals surface area contributed by atoms with E-state index >= 15 is 0 Å². The molecule has 7 nitrogen and oxygen atoms in total. The Hall–Kier alpha value is -4.00. The Morgan fingerprint density at radius 1 is 0.848 bits per heavy atom. The highest BCUT2D eigenvalue weighted by molar-refractivity contribution is 6.06. The van der Waals surface area contributed by atoms with Crippen LogP contribution in [0.4, 0.5) is 27.5 Å². The first-order chi connectivity index (χ1) is 16.0. The van der Waals surface area contributed by atoms with E-state index < -0.39 is 0 Å². The van der Waals surface area contributed by atoms with Gasteiger partial charge in [-0.15, -0.1) is 0 Å². The summed E-state index contributed by atoms with van der Waals surface area (Å²) in [5, 5.41) is 8.75. The van der Waals surface area contributed by atoms with Gasteiger partial charge >= 0.3 is 6.03 Å². The molecule has 0 saturated carbocycles. The van der Waals surface area contributed by atoms with Crippen LogP contribution >= 0.6 is 0 Å². The van der Waals surface area contributed by atoms with Crippen molar-refractivity contribution in [1.82, 2.24) is 0 Å². The molecule has 1 aliphatic rings. The normalized spacial score (nSPS) is 12.8. The number of hydrogen-bond acceptors (Lipinski definition) is 4. The molecular formula is C26H28N4O3. The molecule has 33 heavy (non-hydrogen) atoms. The van der Waals surface area contributed by atoms with E-state index in [2.05, 4.69) is 20.9 Å². The molecule has 1 fully saturated rings. The van der Waals surface area contributed by atoms with Crippen molar-refractivity contribution in [2.75, 3.05) is 41.0 Å². The van der Waals surface area contributed by atoms with Crippen LogP contribution < -0.4 is 25.6 Å². The molecule has 7 heteroatoms. The third-order valence-electron chi connectivity index (χ3n) is 5.59. The molecule has 1 aliphatic heterocycles. The minimum atomic E-state index is -0.383. The largest absolute Gasteiger partial charge is 0.495 e. The van der Waals surface area contributed by atoms with Crippen LogP contribution in [-0.4, -0.2) is 32.1 Å². The van der Waals surface area contributed by atoms with E-state index in [4.69, 9.17) is 4.74 Å².